The molecule has 2 heterocycles. The summed E-state index contributed by atoms with van der Waals surface area (Å²) in [6, 6.07) is 4.40. The topological polar surface area (TPSA) is 79.0 Å². The van der Waals surface area contributed by atoms with Crippen LogP contribution in [0.25, 0.3) is 0 Å². The fourth-order valence-corrected chi connectivity index (χ4v) is 5.68. The highest BCUT2D eigenvalue weighted by atomic mass is 35.5. The van der Waals surface area contributed by atoms with E-state index in [4.69, 9.17) is 27.9 Å². The molecule has 0 radical (unpaired) electrons. The van der Waals surface area contributed by atoms with Crippen molar-refractivity contribution < 1.29 is 17.9 Å². The second-order valence-corrected chi connectivity index (χ2v) is 9.53. The second kappa shape index (κ2) is 9.07. The number of carbonyl (C=O) groups excluding carboxylic acids is 1. The Morgan fingerprint density at radius 3 is 2.70 bits per heavy atom. The van der Waals surface area contributed by atoms with E-state index in [1.807, 2.05) is 5.01 Å². The molecule has 0 saturated carbocycles. The second-order valence-electron chi connectivity index (χ2n) is 6.78. The van der Waals surface area contributed by atoms with E-state index in [0.29, 0.717) is 50.8 Å². The number of benzene rings is 1. The Hall–Kier alpha value is -0.900. The molecule has 7 nitrogen and oxygen atoms in total. The molecule has 27 heavy (non-hydrogen) atoms. The van der Waals surface area contributed by atoms with Gasteiger partial charge in [0.05, 0.1) is 18.2 Å². The van der Waals surface area contributed by atoms with Crippen LogP contribution in [0.15, 0.2) is 23.1 Å². The number of rotatable bonds is 5. The maximum atomic E-state index is 13.0. The molecule has 150 valence electrons. The Morgan fingerprint density at radius 1 is 1.22 bits per heavy atom. The Labute approximate surface area is 169 Å². The molecule has 3 rings (SSSR count). The first kappa shape index (κ1) is 20.8. The average molecular weight is 436 g/mol. The van der Waals surface area contributed by atoms with Gasteiger partial charge in [-0.05, 0) is 37.0 Å². The lowest BCUT2D eigenvalue weighted by atomic mass is 9.96. The molecule has 2 aliphatic heterocycles. The first-order valence-corrected chi connectivity index (χ1v) is 11.1. The molecular formula is C17H23Cl2N3O4S. The standard InChI is InChI=1S/C17H23Cl2N3O4S/c18-14-3-4-15(19)16(11-14)27(24,25)22-5-1-2-13(12-22)10-17(23)20-21-6-8-26-9-7-21/h3-4,11,13H,1-2,5-10,12H2,(H,20,23). The number of hydrogen-bond acceptors (Lipinski definition) is 5. The SMILES string of the molecule is O=C(CC1CCCN(S(=O)(=O)c2cc(Cl)ccc2Cl)C1)NN1CCOCC1. The molecule has 1 aromatic rings. The molecule has 0 aliphatic carbocycles. The first-order chi connectivity index (χ1) is 12.9. The van der Waals surface area contributed by atoms with E-state index in [1.165, 1.54) is 16.4 Å². The van der Waals surface area contributed by atoms with Crippen LogP contribution < -0.4 is 5.43 Å². The minimum atomic E-state index is -3.75. The summed E-state index contributed by atoms with van der Waals surface area (Å²) in [5, 5.41) is 2.30. The van der Waals surface area contributed by atoms with Gasteiger partial charge in [-0.15, -0.1) is 0 Å². The van der Waals surface area contributed by atoms with Gasteiger partial charge in [-0.1, -0.05) is 23.2 Å². The van der Waals surface area contributed by atoms with E-state index < -0.39 is 10.0 Å². The normalized spacial score (nSPS) is 22.5. The zero-order valence-corrected chi connectivity index (χ0v) is 17.2. The highest BCUT2D eigenvalue weighted by Gasteiger charge is 2.32. The smallest absolute Gasteiger partial charge is 0.244 e. The Morgan fingerprint density at radius 2 is 1.96 bits per heavy atom. The molecular weight excluding hydrogens is 413 g/mol. The molecule has 10 heteroatoms. The van der Waals surface area contributed by atoms with Crippen LogP contribution in [0.1, 0.15) is 19.3 Å². The first-order valence-electron chi connectivity index (χ1n) is 8.93. The van der Waals surface area contributed by atoms with Crippen molar-refractivity contribution in [1.29, 1.82) is 0 Å². The number of ether oxygens (including phenoxy) is 1. The van der Waals surface area contributed by atoms with Gasteiger partial charge < -0.3 is 4.74 Å². The van der Waals surface area contributed by atoms with Crippen molar-refractivity contribution in [3.63, 3.8) is 0 Å². The summed E-state index contributed by atoms with van der Waals surface area (Å²) in [5.41, 5.74) is 2.88. The Bertz CT molecular complexity index is 784. The minimum absolute atomic E-state index is 0.00934. The van der Waals surface area contributed by atoms with Gasteiger partial charge >= 0.3 is 0 Å². The molecule has 1 amide bonds. The predicted molar refractivity (Wildman–Crippen MR) is 103 cm³/mol. The third kappa shape index (κ3) is 5.34. The number of carbonyl (C=O) groups is 1. The lowest BCUT2D eigenvalue weighted by Crippen LogP contribution is -2.49. The Kier molecular flexibility index (Phi) is 6.99. The van der Waals surface area contributed by atoms with Gasteiger partial charge in [0.1, 0.15) is 4.90 Å². The van der Waals surface area contributed by atoms with Crippen LogP contribution in [0.5, 0.6) is 0 Å². The van der Waals surface area contributed by atoms with E-state index in [2.05, 4.69) is 5.43 Å². The molecule has 1 N–H and O–H groups in total. The highest BCUT2D eigenvalue weighted by molar-refractivity contribution is 7.89. The highest BCUT2D eigenvalue weighted by Crippen LogP contribution is 2.31. The van der Waals surface area contributed by atoms with Gasteiger partial charge in [0, 0.05) is 37.6 Å². The number of amides is 1. The van der Waals surface area contributed by atoms with Crippen LogP contribution in [0.4, 0.5) is 0 Å². The fourth-order valence-electron chi connectivity index (χ4n) is 3.39. The summed E-state index contributed by atoms with van der Waals surface area (Å²) in [6.07, 6.45) is 1.80. The molecule has 1 aromatic carbocycles. The summed E-state index contributed by atoms with van der Waals surface area (Å²) in [5.74, 6) is -0.130. The van der Waals surface area contributed by atoms with Crippen molar-refractivity contribution in [2.24, 2.45) is 5.92 Å². The fraction of sp³-hybridized carbons (Fsp3) is 0.588. The summed E-state index contributed by atoms with van der Waals surface area (Å²) in [7, 11) is -3.75. The summed E-state index contributed by atoms with van der Waals surface area (Å²) in [6.45, 7) is 3.20. The van der Waals surface area contributed by atoms with Crippen molar-refractivity contribution in [2.75, 3.05) is 39.4 Å². The lowest BCUT2D eigenvalue weighted by Gasteiger charge is -2.33. The van der Waals surface area contributed by atoms with Crippen LogP contribution in [0.3, 0.4) is 0 Å². The maximum Gasteiger partial charge on any atom is 0.244 e. The van der Waals surface area contributed by atoms with Crippen LogP contribution in [-0.2, 0) is 19.6 Å². The van der Waals surface area contributed by atoms with E-state index in [9.17, 15) is 13.2 Å². The van der Waals surface area contributed by atoms with Crippen LogP contribution in [0, 0.1) is 5.92 Å². The largest absolute Gasteiger partial charge is 0.379 e. The summed E-state index contributed by atoms with van der Waals surface area (Å²) >= 11 is 12.0. The molecule has 2 saturated heterocycles. The van der Waals surface area contributed by atoms with Gasteiger partial charge in [-0.3, -0.25) is 10.2 Å². The molecule has 1 unspecified atom stereocenters. The van der Waals surface area contributed by atoms with Crippen LogP contribution >= 0.6 is 23.2 Å². The molecule has 0 spiro atoms. The monoisotopic (exact) mass is 435 g/mol. The maximum absolute atomic E-state index is 13.0. The van der Waals surface area contributed by atoms with Gasteiger partial charge in [-0.2, -0.15) is 4.31 Å². The molecule has 0 aromatic heterocycles. The van der Waals surface area contributed by atoms with E-state index >= 15 is 0 Å². The molecule has 0 bridgehead atoms. The van der Waals surface area contributed by atoms with Crippen molar-refractivity contribution >= 4 is 39.1 Å². The van der Waals surface area contributed by atoms with Crippen LogP contribution in [-0.4, -0.2) is 63.0 Å². The van der Waals surface area contributed by atoms with Crippen molar-refractivity contribution in [3.8, 4) is 0 Å². The number of piperidine rings is 1. The van der Waals surface area contributed by atoms with Gasteiger partial charge in [0.2, 0.25) is 15.9 Å². The molecule has 2 aliphatic rings. The number of hydrogen-bond donors (Lipinski definition) is 1. The van der Waals surface area contributed by atoms with Gasteiger partial charge in [0.25, 0.3) is 0 Å². The number of hydrazine groups is 1. The van der Waals surface area contributed by atoms with Crippen molar-refractivity contribution in [1.82, 2.24) is 14.7 Å². The zero-order chi connectivity index (χ0) is 19.4. The Balaban J connectivity index is 1.63. The van der Waals surface area contributed by atoms with Crippen molar-refractivity contribution in [2.45, 2.75) is 24.2 Å². The molecule has 2 fully saturated rings. The summed E-state index contributed by atoms with van der Waals surface area (Å²) in [4.78, 5) is 12.3. The van der Waals surface area contributed by atoms with Gasteiger partial charge in [-0.25, -0.2) is 13.4 Å². The van der Waals surface area contributed by atoms with E-state index in [1.54, 1.807) is 6.07 Å². The number of nitrogens with zero attached hydrogens (tertiary/aromatic N) is 2. The van der Waals surface area contributed by atoms with Gasteiger partial charge in [0.15, 0.2) is 0 Å². The number of sulfonamides is 1. The number of halogens is 2. The lowest BCUT2D eigenvalue weighted by molar-refractivity contribution is -0.129. The van der Waals surface area contributed by atoms with Crippen molar-refractivity contribution in [3.05, 3.63) is 28.2 Å². The third-order valence-corrected chi connectivity index (χ3v) is 7.34. The number of morpholine rings is 1. The van der Waals surface area contributed by atoms with E-state index in [0.717, 1.165) is 6.42 Å². The van der Waals surface area contributed by atoms with E-state index in [-0.39, 0.29) is 28.2 Å². The average Bonchev–Trinajstić information content (AvgIpc) is 2.64. The third-order valence-electron chi connectivity index (χ3n) is 4.76. The quantitative estimate of drug-likeness (QED) is 0.766. The summed E-state index contributed by atoms with van der Waals surface area (Å²) < 4.78 is 32.6. The predicted octanol–water partition coefficient (Wildman–Crippen LogP) is 2.15. The zero-order valence-electron chi connectivity index (χ0n) is 14.9. The van der Waals surface area contributed by atoms with Crippen LogP contribution in [0.2, 0.25) is 10.0 Å². The minimum Gasteiger partial charge on any atom is -0.379 e. The number of nitrogens with one attached hydrogen (secondary N) is 1. The molecule has 1 atom stereocenters.